The first-order chi connectivity index (χ1) is 10.9. The molecule has 0 saturated heterocycles. The molecular formula is C15H17F3N4O. The zero-order chi connectivity index (χ0) is 16.9. The maximum atomic E-state index is 12.4. The molecule has 0 aliphatic rings. The van der Waals surface area contributed by atoms with Crippen molar-refractivity contribution in [1.82, 2.24) is 15.5 Å². The summed E-state index contributed by atoms with van der Waals surface area (Å²) in [6.07, 6.45) is -3.88. The summed E-state index contributed by atoms with van der Waals surface area (Å²) >= 11 is 0. The summed E-state index contributed by atoms with van der Waals surface area (Å²) in [4.78, 5) is 13.8. The van der Waals surface area contributed by atoms with Crippen LogP contribution in [0.15, 0.2) is 36.4 Å². The van der Waals surface area contributed by atoms with Gasteiger partial charge in [0.2, 0.25) is 0 Å². The van der Waals surface area contributed by atoms with Crippen molar-refractivity contribution in [1.29, 1.82) is 0 Å². The maximum absolute atomic E-state index is 12.4. The van der Waals surface area contributed by atoms with Crippen LogP contribution < -0.4 is 10.2 Å². The number of rotatable bonds is 6. The van der Waals surface area contributed by atoms with Gasteiger partial charge in [-0.3, -0.25) is 9.89 Å². The molecule has 0 radical (unpaired) electrons. The smallest absolute Gasteiger partial charge is 0.375 e. The molecule has 23 heavy (non-hydrogen) atoms. The van der Waals surface area contributed by atoms with Crippen molar-refractivity contribution < 1.29 is 18.0 Å². The third-order valence-corrected chi connectivity index (χ3v) is 3.27. The molecule has 2 rings (SSSR count). The van der Waals surface area contributed by atoms with E-state index in [4.69, 9.17) is 0 Å². The predicted octanol–water partition coefficient (Wildman–Crippen LogP) is 2.68. The largest absolute Gasteiger partial charge is 0.432 e. The molecule has 0 saturated carbocycles. The first-order valence-electron chi connectivity index (χ1n) is 7.05. The number of amides is 1. The lowest BCUT2D eigenvalue weighted by Crippen LogP contribution is -2.28. The fourth-order valence-electron chi connectivity index (χ4n) is 2.00. The van der Waals surface area contributed by atoms with Crippen LogP contribution in [0, 0.1) is 0 Å². The molecule has 5 nitrogen and oxygen atoms in total. The lowest BCUT2D eigenvalue weighted by Gasteiger charge is -2.19. The van der Waals surface area contributed by atoms with Gasteiger partial charge in [-0.2, -0.15) is 18.3 Å². The van der Waals surface area contributed by atoms with Crippen LogP contribution in [-0.2, 0) is 6.18 Å². The number of benzene rings is 1. The number of carbonyl (C=O) groups is 1. The van der Waals surface area contributed by atoms with E-state index in [2.05, 4.69) is 10.4 Å². The number of aromatic amines is 1. The highest BCUT2D eigenvalue weighted by Crippen LogP contribution is 2.27. The third-order valence-electron chi connectivity index (χ3n) is 3.27. The minimum absolute atomic E-state index is 0.270. The predicted molar refractivity (Wildman–Crippen MR) is 80.3 cm³/mol. The van der Waals surface area contributed by atoms with E-state index in [0.717, 1.165) is 5.69 Å². The van der Waals surface area contributed by atoms with Crippen LogP contribution >= 0.6 is 0 Å². The topological polar surface area (TPSA) is 61.0 Å². The van der Waals surface area contributed by atoms with Gasteiger partial charge >= 0.3 is 6.18 Å². The van der Waals surface area contributed by atoms with Gasteiger partial charge in [-0.1, -0.05) is 18.2 Å². The van der Waals surface area contributed by atoms with E-state index >= 15 is 0 Å². The second-order valence-electron chi connectivity index (χ2n) is 5.03. The fourth-order valence-corrected chi connectivity index (χ4v) is 2.00. The number of aromatic nitrogens is 2. The minimum atomic E-state index is -4.54. The Labute approximate surface area is 131 Å². The van der Waals surface area contributed by atoms with Crippen molar-refractivity contribution in [3.05, 3.63) is 47.8 Å². The molecule has 0 bridgehead atoms. The Hall–Kier alpha value is -2.51. The van der Waals surface area contributed by atoms with E-state index in [1.807, 2.05) is 47.4 Å². The molecule has 2 aromatic rings. The average molecular weight is 326 g/mol. The zero-order valence-corrected chi connectivity index (χ0v) is 12.5. The first-order valence-corrected chi connectivity index (χ1v) is 7.05. The SMILES string of the molecule is CN(CCCNC(=O)c1cc(C(F)(F)F)[nH]n1)c1ccccc1. The Morgan fingerprint density at radius 2 is 2.00 bits per heavy atom. The van der Waals surface area contributed by atoms with Gasteiger partial charge < -0.3 is 10.2 Å². The zero-order valence-electron chi connectivity index (χ0n) is 12.5. The normalized spacial score (nSPS) is 11.3. The van der Waals surface area contributed by atoms with Gasteiger partial charge in [-0.05, 0) is 18.6 Å². The molecule has 1 aromatic carbocycles. The number of halogens is 3. The maximum Gasteiger partial charge on any atom is 0.432 e. The van der Waals surface area contributed by atoms with Gasteiger partial charge in [0, 0.05) is 31.9 Å². The van der Waals surface area contributed by atoms with Crippen LogP contribution in [0.4, 0.5) is 18.9 Å². The Morgan fingerprint density at radius 3 is 2.61 bits per heavy atom. The Kier molecular flexibility index (Phi) is 5.25. The molecule has 0 aliphatic heterocycles. The third kappa shape index (κ3) is 4.73. The molecule has 0 atom stereocenters. The first kappa shape index (κ1) is 16.9. The average Bonchev–Trinajstić information content (AvgIpc) is 3.02. The molecule has 0 unspecified atom stereocenters. The van der Waals surface area contributed by atoms with Gasteiger partial charge in [0.25, 0.3) is 5.91 Å². The number of nitrogens with one attached hydrogen (secondary N) is 2. The van der Waals surface area contributed by atoms with E-state index in [0.29, 0.717) is 25.6 Å². The van der Waals surface area contributed by atoms with Crippen molar-refractivity contribution in [2.75, 3.05) is 25.0 Å². The summed E-state index contributed by atoms with van der Waals surface area (Å²) in [5.74, 6) is -0.626. The quantitative estimate of drug-likeness (QED) is 0.803. The fraction of sp³-hybridized carbons (Fsp3) is 0.333. The van der Waals surface area contributed by atoms with Gasteiger partial charge in [0.15, 0.2) is 5.69 Å². The molecule has 124 valence electrons. The summed E-state index contributed by atoms with van der Waals surface area (Å²) in [5, 5.41) is 7.74. The molecular weight excluding hydrogens is 309 g/mol. The van der Waals surface area contributed by atoms with E-state index in [1.165, 1.54) is 0 Å². The van der Waals surface area contributed by atoms with Gasteiger partial charge in [-0.25, -0.2) is 0 Å². The van der Waals surface area contributed by atoms with Crippen LogP contribution in [0.2, 0.25) is 0 Å². The molecule has 1 heterocycles. The second kappa shape index (κ2) is 7.17. The molecule has 0 fully saturated rings. The molecule has 0 aliphatic carbocycles. The summed E-state index contributed by atoms with van der Waals surface area (Å²) in [6, 6.07) is 10.4. The standard InChI is InChI=1S/C15H17F3N4O/c1-22(11-6-3-2-4-7-11)9-5-8-19-14(23)12-10-13(21-20-12)15(16,17)18/h2-4,6-7,10H,5,8-9H2,1H3,(H,19,23)(H,20,21). The number of carbonyl (C=O) groups excluding carboxylic acids is 1. The van der Waals surface area contributed by atoms with Crippen molar-refractivity contribution in [2.45, 2.75) is 12.6 Å². The van der Waals surface area contributed by atoms with Crippen molar-refractivity contribution >= 4 is 11.6 Å². The number of hydrogen-bond donors (Lipinski definition) is 2. The summed E-state index contributed by atoms with van der Waals surface area (Å²) < 4.78 is 37.2. The van der Waals surface area contributed by atoms with E-state index in [9.17, 15) is 18.0 Å². The minimum Gasteiger partial charge on any atom is -0.375 e. The lowest BCUT2D eigenvalue weighted by molar-refractivity contribution is -0.141. The molecule has 2 N–H and O–H groups in total. The Balaban J connectivity index is 1.76. The highest BCUT2D eigenvalue weighted by atomic mass is 19.4. The van der Waals surface area contributed by atoms with Crippen molar-refractivity contribution in [2.24, 2.45) is 0 Å². The van der Waals surface area contributed by atoms with Gasteiger partial charge in [0.1, 0.15) is 5.69 Å². The Morgan fingerprint density at radius 1 is 1.30 bits per heavy atom. The summed E-state index contributed by atoms with van der Waals surface area (Å²) in [7, 11) is 1.93. The Bertz CT molecular complexity index is 640. The lowest BCUT2D eigenvalue weighted by atomic mass is 10.3. The van der Waals surface area contributed by atoms with E-state index in [-0.39, 0.29) is 5.69 Å². The van der Waals surface area contributed by atoms with Crippen LogP contribution in [0.5, 0.6) is 0 Å². The molecule has 1 aromatic heterocycles. The number of anilines is 1. The molecule has 0 spiro atoms. The monoisotopic (exact) mass is 326 g/mol. The van der Waals surface area contributed by atoms with Gasteiger partial charge in [0.05, 0.1) is 0 Å². The number of para-hydroxylation sites is 1. The van der Waals surface area contributed by atoms with Crippen LogP contribution in [-0.4, -0.2) is 36.2 Å². The number of nitrogens with zero attached hydrogens (tertiary/aromatic N) is 2. The number of H-pyrrole nitrogens is 1. The number of hydrogen-bond acceptors (Lipinski definition) is 3. The van der Waals surface area contributed by atoms with E-state index in [1.54, 1.807) is 0 Å². The van der Waals surface area contributed by atoms with Crippen LogP contribution in [0.25, 0.3) is 0 Å². The summed E-state index contributed by atoms with van der Waals surface area (Å²) in [5.41, 5.74) is -0.249. The highest BCUT2D eigenvalue weighted by Gasteiger charge is 2.33. The van der Waals surface area contributed by atoms with Crippen LogP contribution in [0.3, 0.4) is 0 Å². The van der Waals surface area contributed by atoms with Gasteiger partial charge in [-0.15, -0.1) is 0 Å². The second-order valence-corrected chi connectivity index (χ2v) is 5.03. The molecule has 8 heteroatoms. The van der Waals surface area contributed by atoms with Crippen molar-refractivity contribution in [3.8, 4) is 0 Å². The molecule has 1 amide bonds. The van der Waals surface area contributed by atoms with E-state index < -0.39 is 17.8 Å². The summed E-state index contributed by atoms with van der Waals surface area (Å²) in [6.45, 7) is 1.06. The van der Waals surface area contributed by atoms with Crippen molar-refractivity contribution in [3.63, 3.8) is 0 Å². The highest BCUT2D eigenvalue weighted by molar-refractivity contribution is 5.92. The van der Waals surface area contributed by atoms with Crippen LogP contribution in [0.1, 0.15) is 22.6 Å². The number of alkyl halides is 3.